The third kappa shape index (κ3) is 5.66. The van der Waals surface area contributed by atoms with Gasteiger partial charge in [-0.1, -0.05) is 38.4 Å². The van der Waals surface area contributed by atoms with E-state index in [1.54, 1.807) is 12.1 Å². The molecule has 0 aliphatic heterocycles. The van der Waals surface area contributed by atoms with Crippen LogP contribution in [0.2, 0.25) is 23.2 Å². The first-order valence-corrected chi connectivity index (χ1v) is 12.7. The molecule has 2 rings (SSSR count). The lowest BCUT2D eigenvalue weighted by atomic mass is 10.1. The average molecular weight is 462 g/mol. The molecule has 0 radical (unpaired) electrons. The first kappa shape index (κ1) is 21.6. The molecule has 0 amide bonds. The van der Waals surface area contributed by atoms with E-state index >= 15 is 0 Å². The minimum Gasteiger partial charge on any atom is -0.415 e. The normalized spacial score (nSPS) is 13.8. The standard InChI is InChI=1S/C19H27BrClFN2OSi/c1-19(2,3)26(4,5)25-12-18(13-6-7-17(22)16(21)8-13)24-11-15-9-14(20)10-23-15/h6-10,18,23-24H,11-12H2,1-5H3. The number of hydrogen-bond donors (Lipinski definition) is 2. The summed E-state index contributed by atoms with van der Waals surface area (Å²) in [5, 5.41) is 3.76. The number of aromatic amines is 1. The van der Waals surface area contributed by atoms with Crippen LogP contribution in [0.25, 0.3) is 0 Å². The summed E-state index contributed by atoms with van der Waals surface area (Å²) in [5.41, 5.74) is 1.98. The Labute approximate surface area is 169 Å². The monoisotopic (exact) mass is 460 g/mol. The van der Waals surface area contributed by atoms with Crippen LogP contribution < -0.4 is 5.32 Å². The molecule has 0 saturated heterocycles. The van der Waals surface area contributed by atoms with Crippen LogP contribution in [-0.4, -0.2) is 19.9 Å². The van der Waals surface area contributed by atoms with Crippen LogP contribution in [-0.2, 0) is 11.0 Å². The molecule has 2 N–H and O–H groups in total. The number of nitrogens with one attached hydrogen (secondary N) is 2. The number of benzene rings is 1. The molecule has 1 heterocycles. The van der Waals surface area contributed by atoms with Gasteiger partial charge in [-0.05, 0) is 57.8 Å². The highest BCUT2D eigenvalue weighted by Gasteiger charge is 2.37. The molecule has 0 fully saturated rings. The second kappa shape index (κ2) is 8.57. The van der Waals surface area contributed by atoms with Gasteiger partial charge in [0, 0.05) is 22.9 Å². The number of H-pyrrole nitrogens is 1. The summed E-state index contributed by atoms with van der Waals surface area (Å²) in [4.78, 5) is 3.20. The molecule has 144 valence electrons. The second-order valence-electron chi connectivity index (χ2n) is 8.02. The van der Waals surface area contributed by atoms with Crippen LogP contribution >= 0.6 is 27.5 Å². The Morgan fingerprint density at radius 1 is 1.31 bits per heavy atom. The van der Waals surface area contributed by atoms with Gasteiger partial charge in [0.2, 0.25) is 0 Å². The maximum Gasteiger partial charge on any atom is 0.192 e. The van der Waals surface area contributed by atoms with E-state index in [-0.39, 0.29) is 16.1 Å². The van der Waals surface area contributed by atoms with Gasteiger partial charge in [0.15, 0.2) is 8.32 Å². The van der Waals surface area contributed by atoms with Gasteiger partial charge in [0.1, 0.15) is 5.82 Å². The fourth-order valence-electron chi connectivity index (χ4n) is 2.26. The van der Waals surface area contributed by atoms with E-state index in [0.717, 1.165) is 15.7 Å². The molecule has 1 atom stereocenters. The Hall–Kier alpha value is -0.663. The molecule has 1 unspecified atom stereocenters. The number of rotatable bonds is 7. The van der Waals surface area contributed by atoms with Gasteiger partial charge in [0.05, 0.1) is 17.7 Å². The van der Waals surface area contributed by atoms with Crippen molar-refractivity contribution in [2.45, 2.75) is 51.5 Å². The largest absolute Gasteiger partial charge is 0.415 e. The van der Waals surface area contributed by atoms with E-state index in [1.165, 1.54) is 6.07 Å². The second-order valence-corrected chi connectivity index (χ2v) is 14.2. The molecule has 0 saturated carbocycles. The molecule has 1 aromatic heterocycles. The minimum atomic E-state index is -1.89. The Morgan fingerprint density at radius 3 is 2.54 bits per heavy atom. The molecule has 0 bridgehead atoms. The lowest BCUT2D eigenvalue weighted by Crippen LogP contribution is -2.43. The highest BCUT2D eigenvalue weighted by Crippen LogP contribution is 2.37. The fraction of sp³-hybridized carbons (Fsp3) is 0.474. The molecular formula is C19H27BrClFN2OSi. The lowest BCUT2D eigenvalue weighted by molar-refractivity contribution is 0.242. The molecule has 26 heavy (non-hydrogen) atoms. The van der Waals surface area contributed by atoms with Gasteiger partial charge in [-0.15, -0.1) is 0 Å². The summed E-state index contributed by atoms with van der Waals surface area (Å²) in [5.74, 6) is -0.409. The zero-order valence-corrected chi connectivity index (χ0v) is 19.3. The first-order valence-electron chi connectivity index (χ1n) is 8.65. The van der Waals surface area contributed by atoms with Crippen molar-refractivity contribution in [2.24, 2.45) is 0 Å². The average Bonchev–Trinajstić information content (AvgIpc) is 2.94. The molecule has 1 aromatic carbocycles. The molecule has 7 heteroatoms. The number of hydrogen-bond acceptors (Lipinski definition) is 2. The SMILES string of the molecule is CC(C)(C)[Si](C)(C)OCC(NCc1cc(Br)c[nH]1)c1ccc(F)c(Cl)c1. The minimum absolute atomic E-state index is 0.0794. The quantitative estimate of drug-likeness (QED) is 0.467. The summed E-state index contributed by atoms with van der Waals surface area (Å²) in [7, 11) is -1.89. The topological polar surface area (TPSA) is 37.0 Å². The summed E-state index contributed by atoms with van der Waals surface area (Å²) in [6.45, 7) is 12.3. The van der Waals surface area contributed by atoms with Crippen LogP contribution in [0.1, 0.15) is 38.1 Å². The van der Waals surface area contributed by atoms with Crippen molar-refractivity contribution >= 4 is 35.8 Å². The summed E-state index contributed by atoms with van der Waals surface area (Å²) < 4.78 is 21.0. The van der Waals surface area contributed by atoms with E-state index in [1.807, 2.05) is 12.3 Å². The predicted molar refractivity (Wildman–Crippen MR) is 113 cm³/mol. The van der Waals surface area contributed by atoms with Crippen LogP contribution in [0.3, 0.4) is 0 Å². The Morgan fingerprint density at radius 2 is 2.00 bits per heavy atom. The summed E-state index contributed by atoms with van der Waals surface area (Å²) in [6, 6.07) is 6.79. The first-order chi connectivity index (χ1) is 12.0. The van der Waals surface area contributed by atoms with Gasteiger partial charge in [-0.25, -0.2) is 4.39 Å². The number of aromatic nitrogens is 1. The predicted octanol–water partition coefficient (Wildman–Crippen LogP) is 6.42. The van der Waals surface area contributed by atoms with Crippen LogP contribution in [0.4, 0.5) is 4.39 Å². The highest BCUT2D eigenvalue weighted by atomic mass is 79.9. The molecule has 0 aliphatic rings. The van der Waals surface area contributed by atoms with Gasteiger partial charge in [-0.2, -0.15) is 0 Å². The van der Waals surface area contributed by atoms with Crippen molar-refractivity contribution < 1.29 is 8.82 Å². The number of halogens is 3. The smallest absolute Gasteiger partial charge is 0.192 e. The molecule has 2 aromatic rings. The summed E-state index contributed by atoms with van der Waals surface area (Å²) in [6.07, 6.45) is 1.90. The molecule has 0 spiro atoms. The van der Waals surface area contributed by atoms with Crippen molar-refractivity contribution in [1.29, 1.82) is 0 Å². The van der Waals surface area contributed by atoms with E-state index in [9.17, 15) is 4.39 Å². The van der Waals surface area contributed by atoms with E-state index in [0.29, 0.717) is 13.2 Å². The molecule has 3 nitrogen and oxygen atoms in total. The van der Waals surface area contributed by atoms with Crippen molar-refractivity contribution in [3.8, 4) is 0 Å². The summed E-state index contributed by atoms with van der Waals surface area (Å²) >= 11 is 9.44. The van der Waals surface area contributed by atoms with Crippen LogP contribution in [0, 0.1) is 5.82 Å². The van der Waals surface area contributed by atoms with Crippen molar-refractivity contribution in [3.05, 3.63) is 57.0 Å². The van der Waals surface area contributed by atoms with Crippen molar-refractivity contribution in [1.82, 2.24) is 10.3 Å². The maximum atomic E-state index is 13.6. The Balaban J connectivity index is 2.16. The third-order valence-electron chi connectivity index (χ3n) is 5.01. The van der Waals surface area contributed by atoms with Crippen molar-refractivity contribution in [2.75, 3.05) is 6.61 Å². The lowest BCUT2D eigenvalue weighted by Gasteiger charge is -2.37. The Bertz CT molecular complexity index is 745. The molecule has 0 aliphatic carbocycles. The molecular weight excluding hydrogens is 435 g/mol. The fourth-order valence-corrected chi connectivity index (χ4v) is 3.85. The van der Waals surface area contributed by atoms with Gasteiger partial charge >= 0.3 is 0 Å². The van der Waals surface area contributed by atoms with Gasteiger partial charge in [-0.3, -0.25) is 0 Å². The van der Waals surface area contributed by atoms with Crippen LogP contribution in [0.5, 0.6) is 0 Å². The van der Waals surface area contributed by atoms with E-state index < -0.39 is 14.1 Å². The van der Waals surface area contributed by atoms with Crippen LogP contribution in [0.15, 0.2) is 34.9 Å². The third-order valence-corrected chi connectivity index (χ3v) is 10.3. The Kier molecular flexibility index (Phi) is 7.13. The van der Waals surface area contributed by atoms with E-state index in [4.69, 9.17) is 16.0 Å². The van der Waals surface area contributed by atoms with Gasteiger partial charge in [0.25, 0.3) is 0 Å². The highest BCUT2D eigenvalue weighted by molar-refractivity contribution is 9.10. The van der Waals surface area contributed by atoms with Crippen molar-refractivity contribution in [3.63, 3.8) is 0 Å². The maximum absolute atomic E-state index is 13.6. The zero-order chi connectivity index (χ0) is 19.5. The zero-order valence-electron chi connectivity index (χ0n) is 15.9. The van der Waals surface area contributed by atoms with E-state index in [2.05, 4.69) is 60.1 Å². The van der Waals surface area contributed by atoms with Gasteiger partial charge < -0.3 is 14.7 Å².